The minimum Gasteiger partial charge on any atom is -0.480 e. The van der Waals surface area contributed by atoms with E-state index in [0.717, 1.165) is 6.33 Å². The van der Waals surface area contributed by atoms with Crippen molar-refractivity contribution in [2.24, 2.45) is 7.05 Å². The van der Waals surface area contributed by atoms with Gasteiger partial charge in [-0.3, -0.25) is 18.8 Å². The first-order valence-electron chi connectivity index (χ1n) is 5.38. The van der Waals surface area contributed by atoms with Gasteiger partial charge in [-0.25, -0.2) is 4.98 Å². The Morgan fingerprint density at radius 2 is 2.21 bits per heavy atom. The van der Waals surface area contributed by atoms with Gasteiger partial charge in [0.15, 0.2) is 0 Å². The largest absolute Gasteiger partial charge is 0.480 e. The lowest BCUT2D eigenvalue weighted by atomic mass is 10.2. The molecular formula is C11H11FN4O3. The molecule has 0 atom stereocenters. The van der Waals surface area contributed by atoms with E-state index in [1.54, 1.807) is 20.0 Å². The summed E-state index contributed by atoms with van der Waals surface area (Å²) in [6.07, 6.45) is 1.01. The number of hydrogen-bond donors (Lipinski definition) is 1. The van der Waals surface area contributed by atoms with E-state index in [1.807, 2.05) is 0 Å². The Bertz CT molecular complexity index is 704. The second-order valence-electron chi connectivity index (χ2n) is 4.03. The van der Waals surface area contributed by atoms with Gasteiger partial charge in [0.2, 0.25) is 5.82 Å². The van der Waals surface area contributed by atoms with Crippen LogP contribution >= 0.6 is 0 Å². The van der Waals surface area contributed by atoms with Crippen molar-refractivity contribution in [3.8, 4) is 11.4 Å². The zero-order chi connectivity index (χ0) is 14.2. The fourth-order valence-corrected chi connectivity index (χ4v) is 1.73. The lowest BCUT2D eigenvalue weighted by Crippen LogP contribution is -2.27. The van der Waals surface area contributed by atoms with Crippen LogP contribution in [0.4, 0.5) is 4.39 Å². The number of aromatic nitrogens is 4. The number of aliphatic carboxylic acids is 1. The maximum atomic E-state index is 14.0. The highest BCUT2D eigenvalue weighted by molar-refractivity contribution is 5.66. The lowest BCUT2D eigenvalue weighted by Gasteiger charge is -2.05. The van der Waals surface area contributed by atoms with Gasteiger partial charge in [-0.05, 0) is 13.0 Å². The van der Waals surface area contributed by atoms with Gasteiger partial charge in [-0.2, -0.15) is 9.49 Å². The Labute approximate surface area is 106 Å². The van der Waals surface area contributed by atoms with Crippen molar-refractivity contribution >= 4 is 5.97 Å². The van der Waals surface area contributed by atoms with Crippen LogP contribution in [0, 0.1) is 12.7 Å². The van der Waals surface area contributed by atoms with Crippen LogP contribution in [-0.4, -0.2) is 30.4 Å². The monoisotopic (exact) mass is 266 g/mol. The molecule has 100 valence electrons. The molecule has 2 rings (SSSR count). The molecule has 2 aromatic rings. The van der Waals surface area contributed by atoms with Crippen molar-refractivity contribution in [1.82, 2.24) is 19.3 Å². The van der Waals surface area contributed by atoms with Gasteiger partial charge in [0, 0.05) is 7.05 Å². The molecule has 0 unspecified atom stereocenters. The standard InChI is InChI=1S/C11H11FN4O3/c1-6-3-7(15(2)14-6)10-9(12)11(19)16(5-13-10)4-8(17)18/h3,5H,4H2,1-2H3,(H,17,18). The molecule has 0 radical (unpaired) electrons. The summed E-state index contributed by atoms with van der Waals surface area (Å²) in [6.45, 7) is 1.10. The third kappa shape index (κ3) is 2.37. The predicted octanol–water partition coefficient (Wildman–Crippen LogP) is 0.176. The number of halogens is 1. The quantitative estimate of drug-likeness (QED) is 0.855. The average molecular weight is 266 g/mol. The zero-order valence-corrected chi connectivity index (χ0v) is 10.3. The number of carboxylic acids is 1. The molecule has 0 aliphatic rings. The van der Waals surface area contributed by atoms with Gasteiger partial charge in [0.25, 0.3) is 5.56 Å². The molecule has 0 bridgehead atoms. The lowest BCUT2D eigenvalue weighted by molar-refractivity contribution is -0.137. The van der Waals surface area contributed by atoms with Crippen molar-refractivity contribution < 1.29 is 14.3 Å². The van der Waals surface area contributed by atoms with Crippen LogP contribution in [0.25, 0.3) is 11.4 Å². The van der Waals surface area contributed by atoms with Gasteiger partial charge in [-0.15, -0.1) is 0 Å². The van der Waals surface area contributed by atoms with Crippen molar-refractivity contribution in [2.45, 2.75) is 13.5 Å². The number of nitrogens with zero attached hydrogens (tertiary/aromatic N) is 4. The molecule has 0 fully saturated rings. The van der Waals surface area contributed by atoms with Crippen LogP contribution in [0.5, 0.6) is 0 Å². The summed E-state index contributed by atoms with van der Waals surface area (Å²) >= 11 is 0. The molecule has 0 spiro atoms. The van der Waals surface area contributed by atoms with E-state index in [4.69, 9.17) is 5.11 Å². The average Bonchev–Trinajstić information content (AvgIpc) is 2.64. The minimum atomic E-state index is -1.24. The highest BCUT2D eigenvalue weighted by Gasteiger charge is 2.17. The van der Waals surface area contributed by atoms with Crippen molar-refractivity contribution in [3.63, 3.8) is 0 Å². The number of hydrogen-bond acceptors (Lipinski definition) is 4. The Kier molecular flexibility index (Phi) is 3.16. The van der Waals surface area contributed by atoms with Gasteiger partial charge in [0.05, 0.1) is 17.7 Å². The Morgan fingerprint density at radius 1 is 1.53 bits per heavy atom. The van der Waals surface area contributed by atoms with Crippen LogP contribution in [0.1, 0.15) is 5.69 Å². The van der Waals surface area contributed by atoms with Gasteiger partial charge < -0.3 is 5.11 Å². The van der Waals surface area contributed by atoms with Gasteiger partial charge >= 0.3 is 5.97 Å². The molecule has 0 aromatic carbocycles. The van der Waals surface area contributed by atoms with E-state index < -0.39 is 23.9 Å². The Morgan fingerprint density at radius 3 is 2.74 bits per heavy atom. The molecule has 0 aliphatic heterocycles. The molecule has 2 heterocycles. The Balaban J connectivity index is 2.56. The van der Waals surface area contributed by atoms with E-state index in [2.05, 4.69) is 10.1 Å². The SMILES string of the molecule is Cc1cc(-c2ncn(CC(=O)O)c(=O)c2F)n(C)n1. The third-order valence-electron chi connectivity index (χ3n) is 2.53. The fourth-order valence-electron chi connectivity index (χ4n) is 1.73. The first kappa shape index (κ1) is 12.9. The summed E-state index contributed by atoms with van der Waals surface area (Å²) in [4.78, 5) is 26.0. The second-order valence-corrected chi connectivity index (χ2v) is 4.03. The summed E-state index contributed by atoms with van der Waals surface area (Å²) in [6, 6.07) is 1.59. The topological polar surface area (TPSA) is 90.0 Å². The van der Waals surface area contributed by atoms with Crippen LogP contribution in [0.2, 0.25) is 0 Å². The molecule has 8 heteroatoms. The number of rotatable bonds is 3. The zero-order valence-electron chi connectivity index (χ0n) is 10.3. The number of carbonyl (C=O) groups is 1. The maximum Gasteiger partial charge on any atom is 0.323 e. The van der Waals surface area contributed by atoms with Crippen molar-refractivity contribution in [2.75, 3.05) is 0 Å². The number of carboxylic acid groups (broad SMARTS) is 1. The molecule has 7 nitrogen and oxygen atoms in total. The molecule has 0 aliphatic carbocycles. The smallest absolute Gasteiger partial charge is 0.323 e. The first-order valence-corrected chi connectivity index (χ1v) is 5.38. The molecule has 1 N–H and O–H groups in total. The summed E-state index contributed by atoms with van der Waals surface area (Å²) in [5, 5.41) is 12.6. The first-order chi connectivity index (χ1) is 8.90. The van der Waals surface area contributed by atoms with Crippen LogP contribution in [-0.2, 0) is 18.4 Å². The second kappa shape index (κ2) is 4.63. The van der Waals surface area contributed by atoms with Gasteiger partial charge in [0.1, 0.15) is 12.2 Å². The van der Waals surface area contributed by atoms with Crippen molar-refractivity contribution in [3.05, 3.63) is 34.3 Å². The van der Waals surface area contributed by atoms with Crippen LogP contribution in [0.15, 0.2) is 17.2 Å². The van der Waals surface area contributed by atoms with Crippen LogP contribution < -0.4 is 5.56 Å². The minimum absolute atomic E-state index is 0.144. The Hall–Kier alpha value is -2.51. The van der Waals surface area contributed by atoms with E-state index >= 15 is 0 Å². The molecule has 0 amide bonds. The molecule has 0 saturated heterocycles. The normalized spacial score (nSPS) is 10.7. The highest BCUT2D eigenvalue weighted by Crippen LogP contribution is 2.18. The van der Waals surface area contributed by atoms with E-state index in [-0.39, 0.29) is 5.69 Å². The number of aryl methyl sites for hydroxylation is 2. The van der Waals surface area contributed by atoms with Gasteiger partial charge in [-0.1, -0.05) is 0 Å². The summed E-state index contributed by atoms with van der Waals surface area (Å²) in [5.41, 5.74) is -0.149. The summed E-state index contributed by atoms with van der Waals surface area (Å²) in [7, 11) is 1.60. The van der Waals surface area contributed by atoms with E-state index in [9.17, 15) is 14.0 Å². The van der Waals surface area contributed by atoms with Crippen LogP contribution in [0.3, 0.4) is 0 Å². The maximum absolute atomic E-state index is 14.0. The third-order valence-corrected chi connectivity index (χ3v) is 2.53. The molecular weight excluding hydrogens is 255 g/mol. The molecule has 19 heavy (non-hydrogen) atoms. The van der Waals surface area contributed by atoms with E-state index in [0.29, 0.717) is 16.0 Å². The molecule has 0 saturated carbocycles. The summed E-state index contributed by atoms with van der Waals surface area (Å²) < 4.78 is 16.1. The van der Waals surface area contributed by atoms with E-state index in [1.165, 1.54) is 4.68 Å². The fraction of sp³-hybridized carbons (Fsp3) is 0.273. The predicted molar refractivity (Wildman–Crippen MR) is 63.0 cm³/mol. The summed E-state index contributed by atoms with van der Waals surface area (Å²) in [5.74, 6) is -2.33. The van der Waals surface area contributed by atoms with Crippen molar-refractivity contribution in [1.29, 1.82) is 0 Å². The molecule has 2 aromatic heterocycles. The highest BCUT2D eigenvalue weighted by atomic mass is 19.1.